The van der Waals surface area contributed by atoms with Crippen LogP contribution in [0.5, 0.6) is 0 Å². The number of imidazole rings is 1. The molecule has 0 saturated carbocycles. The predicted molar refractivity (Wildman–Crippen MR) is 94.1 cm³/mol. The Hall–Kier alpha value is -1.64. The van der Waals surface area contributed by atoms with Gasteiger partial charge in [0.1, 0.15) is 5.82 Å². The maximum atomic E-state index is 13.4. The molecule has 2 heterocycles. The zero-order valence-corrected chi connectivity index (χ0v) is 15.6. The number of hydrogen-bond acceptors (Lipinski definition) is 4. The summed E-state index contributed by atoms with van der Waals surface area (Å²) in [5.41, 5.74) is 0.453. The van der Waals surface area contributed by atoms with Gasteiger partial charge in [-0.3, -0.25) is 9.12 Å². The van der Waals surface area contributed by atoms with E-state index in [-0.39, 0.29) is 21.7 Å². The van der Waals surface area contributed by atoms with Crippen LogP contribution in [0.25, 0.3) is 4.96 Å². The Morgan fingerprint density at radius 1 is 1.38 bits per heavy atom. The lowest BCUT2D eigenvalue weighted by Crippen LogP contribution is -2.17. The second kappa shape index (κ2) is 6.02. The number of benzene rings is 1. The Bertz CT molecular complexity index is 1020. The van der Waals surface area contributed by atoms with Crippen molar-refractivity contribution >= 4 is 43.6 Å². The minimum Gasteiger partial charge on any atom is -0.279 e. The van der Waals surface area contributed by atoms with Crippen molar-refractivity contribution in [2.24, 2.45) is 0 Å². The molecule has 1 aromatic carbocycles. The van der Waals surface area contributed by atoms with Gasteiger partial charge >= 0.3 is 0 Å². The Morgan fingerprint density at radius 3 is 2.75 bits per heavy atom. The molecule has 5 nitrogen and oxygen atoms in total. The Morgan fingerprint density at radius 2 is 2.08 bits per heavy atom. The van der Waals surface area contributed by atoms with Crippen molar-refractivity contribution in [2.75, 3.05) is 4.72 Å². The number of nitrogens with one attached hydrogen (secondary N) is 1. The molecule has 3 rings (SSSR count). The zero-order valence-electron chi connectivity index (χ0n) is 13.2. The smallest absolute Gasteiger partial charge is 0.279 e. The van der Waals surface area contributed by atoms with E-state index in [1.54, 1.807) is 10.6 Å². The van der Waals surface area contributed by atoms with Gasteiger partial charge in [-0.2, -0.15) is 8.42 Å². The van der Waals surface area contributed by atoms with Gasteiger partial charge in [0.2, 0.25) is 0 Å². The molecule has 0 unspecified atom stereocenters. The van der Waals surface area contributed by atoms with E-state index >= 15 is 0 Å². The number of anilines is 1. The van der Waals surface area contributed by atoms with Crippen molar-refractivity contribution in [1.29, 1.82) is 0 Å². The number of rotatable bonds is 4. The Labute approximate surface area is 148 Å². The lowest BCUT2D eigenvalue weighted by Gasteiger charge is -2.11. The molecule has 24 heavy (non-hydrogen) atoms. The Kier molecular flexibility index (Phi) is 4.31. The summed E-state index contributed by atoms with van der Waals surface area (Å²) in [4.78, 5) is 5.97. The fourth-order valence-electron chi connectivity index (χ4n) is 2.36. The number of fused-ring (bicyclic) bond motifs is 1. The van der Waals surface area contributed by atoms with Gasteiger partial charge in [0, 0.05) is 11.1 Å². The summed E-state index contributed by atoms with van der Waals surface area (Å²) in [7, 11) is -3.99. The van der Waals surface area contributed by atoms with Gasteiger partial charge in [0.25, 0.3) is 10.0 Å². The SMILES string of the molecule is Cc1cn2c(S(=O)(=O)Nc3cc(F)ccc3Cl)c(C(C)C)nc2s1. The third-order valence-electron chi connectivity index (χ3n) is 3.40. The average Bonchev–Trinajstić information content (AvgIpc) is 2.98. The van der Waals surface area contributed by atoms with Crippen LogP contribution in [0, 0.1) is 12.7 Å². The number of sulfonamides is 1. The molecule has 0 aliphatic rings. The molecule has 0 bridgehead atoms. The molecule has 1 N–H and O–H groups in total. The van der Waals surface area contributed by atoms with Crippen molar-refractivity contribution in [3.8, 4) is 0 Å². The highest BCUT2D eigenvalue weighted by molar-refractivity contribution is 7.92. The number of aromatic nitrogens is 2. The topological polar surface area (TPSA) is 63.5 Å². The molecule has 9 heteroatoms. The van der Waals surface area contributed by atoms with Crippen molar-refractivity contribution in [1.82, 2.24) is 9.38 Å². The highest BCUT2D eigenvalue weighted by Crippen LogP contribution is 2.31. The first kappa shape index (κ1) is 17.2. The molecule has 3 aromatic rings. The monoisotopic (exact) mass is 387 g/mol. The van der Waals surface area contributed by atoms with E-state index in [0.29, 0.717) is 10.7 Å². The maximum Gasteiger partial charge on any atom is 0.279 e. The minimum absolute atomic E-state index is 0.00623. The normalized spacial score (nSPS) is 12.2. The summed E-state index contributed by atoms with van der Waals surface area (Å²) in [5.74, 6) is -0.669. The van der Waals surface area contributed by atoms with Gasteiger partial charge in [-0.1, -0.05) is 25.4 Å². The molecule has 0 spiro atoms. The number of aryl methyl sites for hydroxylation is 1. The number of hydrogen-bond donors (Lipinski definition) is 1. The van der Waals surface area contributed by atoms with Crippen LogP contribution in [-0.2, 0) is 10.0 Å². The molecule has 128 valence electrons. The van der Waals surface area contributed by atoms with E-state index in [2.05, 4.69) is 9.71 Å². The van der Waals surface area contributed by atoms with Gasteiger partial charge in [-0.05, 0) is 31.0 Å². The fraction of sp³-hybridized carbons (Fsp3) is 0.267. The van der Waals surface area contributed by atoms with Crippen molar-refractivity contribution in [3.63, 3.8) is 0 Å². The third kappa shape index (κ3) is 3.01. The van der Waals surface area contributed by atoms with Crippen LogP contribution in [0.15, 0.2) is 29.4 Å². The lowest BCUT2D eigenvalue weighted by atomic mass is 10.2. The van der Waals surface area contributed by atoms with E-state index in [4.69, 9.17) is 11.6 Å². The zero-order chi connectivity index (χ0) is 17.6. The summed E-state index contributed by atoms with van der Waals surface area (Å²) < 4.78 is 43.2. The second-order valence-electron chi connectivity index (χ2n) is 5.68. The van der Waals surface area contributed by atoms with E-state index < -0.39 is 15.8 Å². The minimum atomic E-state index is -3.99. The van der Waals surface area contributed by atoms with Crippen molar-refractivity contribution in [3.05, 3.63) is 45.8 Å². The number of nitrogens with zero attached hydrogens (tertiary/aromatic N) is 2. The molecule has 0 radical (unpaired) electrons. The standard InChI is InChI=1S/C15H15ClFN3O2S2/c1-8(2)13-14(20-7-9(3)23-15(20)18-13)24(21,22)19-12-6-10(17)4-5-11(12)16/h4-8,19H,1-3H3. The van der Waals surface area contributed by atoms with Gasteiger partial charge in [0.05, 0.1) is 16.4 Å². The van der Waals surface area contributed by atoms with Crippen LogP contribution in [-0.4, -0.2) is 17.8 Å². The van der Waals surface area contributed by atoms with Gasteiger partial charge in [-0.25, -0.2) is 9.37 Å². The summed E-state index contributed by atoms with van der Waals surface area (Å²) >= 11 is 7.38. The van der Waals surface area contributed by atoms with E-state index in [9.17, 15) is 12.8 Å². The van der Waals surface area contributed by atoms with Crippen LogP contribution < -0.4 is 4.72 Å². The largest absolute Gasteiger partial charge is 0.279 e. The fourth-order valence-corrected chi connectivity index (χ4v) is 4.99. The van der Waals surface area contributed by atoms with Crippen LogP contribution in [0.1, 0.15) is 30.3 Å². The summed E-state index contributed by atoms with van der Waals surface area (Å²) in [5, 5.41) is 0.172. The predicted octanol–water partition coefficient (Wildman–Crippen LogP) is 4.42. The number of thiazole rings is 1. The lowest BCUT2D eigenvalue weighted by molar-refractivity contribution is 0.593. The molecule has 0 fully saturated rings. The molecule has 0 atom stereocenters. The molecule has 0 aliphatic heterocycles. The van der Waals surface area contributed by atoms with E-state index in [1.807, 2.05) is 20.8 Å². The van der Waals surface area contributed by atoms with Crippen molar-refractivity contribution in [2.45, 2.75) is 31.7 Å². The van der Waals surface area contributed by atoms with Crippen molar-refractivity contribution < 1.29 is 12.8 Å². The van der Waals surface area contributed by atoms with Crippen LogP contribution in [0.3, 0.4) is 0 Å². The first-order chi connectivity index (χ1) is 11.2. The Balaban J connectivity index is 2.17. The summed E-state index contributed by atoms with van der Waals surface area (Å²) in [6.07, 6.45) is 1.72. The van der Waals surface area contributed by atoms with E-state index in [1.165, 1.54) is 23.5 Å². The summed E-state index contributed by atoms with van der Waals surface area (Å²) in [6, 6.07) is 3.52. The van der Waals surface area contributed by atoms with Crippen LogP contribution >= 0.6 is 22.9 Å². The third-order valence-corrected chi connectivity index (χ3v) is 6.03. The van der Waals surface area contributed by atoms with Gasteiger partial charge < -0.3 is 0 Å². The average molecular weight is 388 g/mol. The highest BCUT2D eigenvalue weighted by atomic mass is 35.5. The maximum absolute atomic E-state index is 13.4. The number of halogens is 2. The molecule has 0 saturated heterocycles. The quantitative estimate of drug-likeness (QED) is 0.720. The van der Waals surface area contributed by atoms with Gasteiger partial charge in [0.15, 0.2) is 9.99 Å². The highest BCUT2D eigenvalue weighted by Gasteiger charge is 2.28. The molecular formula is C15H15ClFN3O2S2. The van der Waals surface area contributed by atoms with E-state index in [0.717, 1.165) is 10.9 Å². The second-order valence-corrected chi connectivity index (χ2v) is 8.90. The first-order valence-corrected chi connectivity index (χ1v) is 9.83. The molecule has 0 aliphatic carbocycles. The van der Waals surface area contributed by atoms with Crippen LogP contribution in [0.4, 0.5) is 10.1 Å². The van der Waals surface area contributed by atoms with Gasteiger partial charge in [-0.15, -0.1) is 11.3 Å². The first-order valence-electron chi connectivity index (χ1n) is 7.15. The summed E-state index contributed by atoms with van der Waals surface area (Å²) in [6.45, 7) is 5.61. The molecular weight excluding hydrogens is 373 g/mol. The van der Waals surface area contributed by atoms with Crippen LogP contribution in [0.2, 0.25) is 5.02 Å². The molecule has 0 amide bonds. The molecule has 2 aromatic heterocycles.